The second kappa shape index (κ2) is 5.51. The molecule has 1 N–H and O–H groups in total. The number of nitro benzene ring substituents is 1. The number of non-ortho nitro benzene ring substituents is 1. The van der Waals surface area contributed by atoms with E-state index in [0.29, 0.717) is 0 Å². The number of hydrogen-bond acceptors (Lipinski definition) is 6. The van der Waals surface area contributed by atoms with Gasteiger partial charge in [-0.3, -0.25) is 19.7 Å². The second-order valence-corrected chi connectivity index (χ2v) is 6.57. The SMILES string of the molecule is O=C1[C@@H]2[C@H](C(=O)N1/N=C\c1cc([N+](=O)[O-])ccc1O)[C@@H]1C=C[C@@H]2CC1. The Labute approximate surface area is 142 Å². The number of rotatable bonds is 3. The molecule has 5 rings (SSSR count). The van der Waals surface area contributed by atoms with Crippen LogP contribution in [0, 0.1) is 33.8 Å². The summed E-state index contributed by atoms with van der Waals surface area (Å²) in [5.74, 6) is -1.49. The standard InChI is InChI=1S/C17H15N3O5/c21-13-6-5-12(20(24)25)7-11(13)8-18-19-16(22)14-9-1-2-10(4-3-9)15(14)17(19)23/h1-2,5-10,14-15,21H,3-4H2/b18-8-/t9-,10-,14-,15+/m1/s1. The quantitative estimate of drug-likeness (QED) is 0.296. The summed E-state index contributed by atoms with van der Waals surface area (Å²) >= 11 is 0. The summed E-state index contributed by atoms with van der Waals surface area (Å²) in [7, 11) is 0. The van der Waals surface area contributed by atoms with Gasteiger partial charge in [0.1, 0.15) is 5.75 Å². The Hall–Kier alpha value is -3.03. The Morgan fingerprint density at radius 1 is 1.16 bits per heavy atom. The number of benzene rings is 1. The van der Waals surface area contributed by atoms with Gasteiger partial charge in [-0.2, -0.15) is 10.1 Å². The lowest BCUT2D eigenvalue weighted by Gasteiger charge is -2.37. The van der Waals surface area contributed by atoms with Gasteiger partial charge < -0.3 is 5.11 Å². The van der Waals surface area contributed by atoms with Crippen LogP contribution in [-0.4, -0.2) is 33.1 Å². The van der Waals surface area contributed by atoms with Crippen molar-refractivity contribution < 1.29 is 19.6 Å². The molecule has 1 aliphatic heterocycles. The minimum Gasteiger partial charge on any atom is -0.507 e. The van der Waals surface area contributed by atoms with Crippen molar-refractivity contribution in [2.24, 2.45) is 28.8 Å². The Bertz CT molecular complexity index is 815. The lowest BCUT2D eigenvalue weighted by Crippen LogP contribution is -2.38. The average Bonchev–Trinajstić information content (AvgIpc) is 2.88. The van der Waals surface area contributed by atoms with Crippen LogP contribution in [0.5, 0.6) is 5.75 Å². The molecular weight excluding hydrogens is 326 g/mol. The maximum atomic E-state index is 12.6. The molecule has 1 aromatic carbocycles. The molecule has 4 aliphatic rings. The zero-order chi connectivity index (χ0) is 17.7. The maximum absolute atomic E-state index is 12.6. The first kappa shape index (κ1) is 15.5. The van der Waals surface area contributed by atoms with Gasteiger partial charge in [0, 0.05) is 17.7 Å². The molecular formula is C17H15N3O5. The van der Waals surface area contributed by atoms with E-state index in [1.54, 1.807) is 0 Å². The molecule has 1 saturated heterocycles. The lowest BCUT2D eigenvalue weighted by molar-refractivity contribution is -0.384. The highest BCUT2D eigenvalue weighted by molar-refractivity contribution is 6.06. The van der Waals surface area contributed by atoms with Crippen molar-refractivity contribution in [3.8, 4) is 5.75 Å². The van der Waals surface area contributed by atoms with Crippen LogP contribution in [0.1, 0.15) is 18.4 Å². The van der Waals surface area contributed by atoms with Crippen molar-refractivity contribution in [3.63, 3.8) is 0 Å². The minimum atomic E-state index is -0.596. The Morgan fingerprint density at radius 2 is 1.76 bits per heavy atom. The molecule has 1 heterocycles. The topological polar surface area (TPSA) is 113 Å². The predicted molar refractivity (Wildman–Crippen MR) is 86.5 cm³/mol. The number of carbonyl (C=O) groups is 2. The summed E-state index contributed by atoms with van der Waals surface area (Å²) in [5, 5.41) is 25.4. The number of nitro groups is 1. The van der Waals surface area contributed by atoms with E-state index in [9.17, 15) is 24.8 Å². The fourth-order valence-corrected chi connectivity index (χ4v) is 4.05. The van der Waals surface area contributed by atoms with Gasteiger partial charge in [-0.25, -0.2) is 0 Å². The van der Waals surface area contributed by atoms with Crippen LogP contribution in [-0.2, 0) is 9.59 Å². The van der Waals surface area contributed by atoms with Crippen LogP contribution in [0.2, 0.25) is 0 Å². The Balaban J connectivity index is 1.63. The first-order valence-electron chi connectivity index (χ1n) is 8.05. The smallest absolute Gasteiger partial charge is 0.270 e. The number of phenols is 1. The van der Waals surface area contributed by atoms with Crippen LogP contribution < -0.4 is 0 Å². The van der Waals surface area contributed by atoms with E-state index < -0.39 is 4.92 Å². The predicted octanol–water partition coefficient (Wildman–Crippen LogP) is 1.83. The highest BCUT2D eigenvalue weighted by atomic mass is 16.6. The third kappa shape index (κ3) is 2.33. The van der Waals surface area contributed by atoms with Gasteiger partial charge in [0.25, 0.3) is 17.5 Å². The highest BCUT2D eigenvalue weighted by Gasteiger charge is 2.56. The number of allylic oxidation sites excluding steroid dienone is 2. The van der Waals surface area contributed by atoms with Crippen molar-refractivity contribution in [1.29, 1.82) is 0 Å². The van der Waals surface area contributed by atoms with Gasteiger partial charge >= 0.3 is 0 Å². The summed E-state index contributed by atoms with van der Waals surface area (Å²) in [6.07, 6.45) is 6.93. The highest BCUT2D eigenvalue weighted by Crippen LogP contribution is 2.49. The zero-order valence-electron chi connectivity index (χ0n) is 13.1. The molecule has 8 nitrogen and oxygen atoms in total. The summed E-state index contributed by atoms with van der Waals surface area (Å²) in [6.45, 7) is 0. The Kier molecular flexibility index (Phi) is 3.41. The lowest BCUT2D eigenvalue weighted by atomic mass is 9.63. The van der Waals surface area contributed by atoms with Gasteiger partial charge in [0.2, 0.25) is 0 Å². The molecule has 0 aromatic heterocycles. The number of amides is 2. The third-order valence-electron chi connectivity index (χ3n) is 5.27. The average molecular weight is 341 g/mol. The molecule has 128 valence electrons. The number of nitrogens with zero attached hydrogens (tertiary/aromatic N) is 3. The fourth-order valence-electron chi connectivity index (χ4n) is 4.05. The number of fused-ring (bicyclic) bond motifs is 1. The van der Waals surface area contributed by atoms with Crippen molar-refractivity contribution in [2.75, 3.05) is 0 Å². The number of hydrazone groups is 1. The van der Waals surface area contributed by atoms with Crippen LogP contribution in [0.25, 0.3) is 0 Å². The summed E-state index contributed by atoms with van der Waals surface area (Å²) in [6, 6.07) is 3.48. The third-order valence-corrected chi connectivity index (χ3v) is 5.27. The number of imide groups is 1. The normalized spacial score (nSPS) is 30.3. The van der Waals surface area contributed by atoms with Crippen molar-refractivity contribution in [3.05, 3.63) is 46.0 Å². The van der Waals surface area contributed by atoms with Gasteiger partial charge in [0.05, 0.1) is 23.0 Å². The number of hydrogen-bond donors (Lipinski definition) is 1. The van der Waals surface area contributed by atoms with Crippen LogP contribution >= 0.6 is 0 Å². The molecule has 2 bridgehead atoms. The van der Waals surface area contributed by atoms with E-state index in [2.05, 4.69) is 5.10 Å². The van der Waals surface area contributed by atoms with Crippen LogP contribution in [0.4, 0.5) is 5.69 Å². The van der Waals surface area contributed by atoms with Crippen molar-refractivity contribution in [2.45, 2.75) is 12.8 Å². The molecule has 4 atom stereocenters. The molecule has 2 fully saturated rings. The Morgan fingerprint density at radius 3 is 2.28 bits per heavy atom. The molecule has 1 saturated carbocycles. The maximum Gasteiger partial charge on any atom is 0.270 e. The number of carbonyl (C=O) groups excluding carboxylic acids is 2. The van der Waals surface area contributed by atoms with E-state index in [1.165, 1.54) is 6.07 Å². The molecule has 0 spiro atoms. The molecule has 1 aromatic rings. The molecule has 3 aliphatic carbocycles. The first-order valence-corrected chi connectivity index (χ1v) is 8.05. The van der Waals surface area contributed by atoms with E-state index in [0.717, 1.165) is 36.2 Å². The van der Waals surface area contributed by atoms with Gasteiger partial charge in [-0.15, -0.1) is 0 Å². The van der Waals surface area contributed by atoms with Gasteiger partial charge in [-0.1, -0.05) is 12.2 Å². The summed E-state index contributed by atoms with van der Waals surface area (Å²) in [5.41, 5.74) is -0.139. The van der Waals surface area contributed by atoms with E-state index in [4.69, 9.17) is 0 Å². The van der Waals surface area contributed by atoms with E-state index in [-0.39, 0.29) is 52.5 Å². The van der Waals surface area contributed by atoms with Crippen LogP contribution in [0.3, 0.4) is 0 Å². The monoisotopic (exact) mass is 341 g/mol. The molecule has 0 unspecified atom stereocenters. The molecule has 2 amide bonds. The summed E-state index contributed by atoms with van der Waals surface area (Å²) < 4.78 is 0. The second-order valence-electron chi connectivity index (χ2n) is 6.57. The molecule has 25 heavy (non-hydrogen) atoms. The molecule has 8 heteroatoms. The first-order chi connectivity index (χ1) is 12.0. The minimum absolute atomic E-state index is 0.0675. The van der Waals surface area contributed by atoms with Crippen LogP contribution in [0.15, 0.2) is 35.5 Å². The van der Waals surface area contributed by atoms with Gasteiger partial charge in [-0.05, 0) is 30.7 Å². The number of aromatic hydroxyl groups is 1. The van der Waals surface area contributed by atoms with E-state index in [1.807, 2.05) is 12.2 Å². The van der Waals surface area contributed by atoms with E-state index >= 15 is 0 Å². The fraction of sp³-hybridized carbons (Fsp3) is 0.353. The van der Waals surface area contributed by atoms with Crippen molar-refractivity contribution >= 4 is 23.7 Å². The summed E-state index contributed by atoms with van der Waals surface area (Å²) in [4.78, 5) is 35.5. The number of phenolic OH excluding ortho intramolecular Hbond substituents is 1. The van der Waals surface area contributed by atoms with Gasteiger partial charge in [0.15, 0.2) is 0 Å². The zero-order valence-corrected chi connectivity index (χ0v) is 13.1. The van der Waals surface area contributed by atoms with Crippen molar-refractivity contribution in [1.82, 2.24) is 5.01 Å². The molecule has 0 radical (unpaired) electrons. The largest absolute Gasteiger partial charge is 0.507 e.